The second-order valence-electron chi connectivity index (χ2n) is 3.86. The number of aromatic nitrogens is 2. The predicted octanol–water partition coefficient (Wildman–Crippen LogP) is -0.226. The highest BCUT2D eigenvalue weighted by molar-refractivity contribution is 5.93. The van der Waals surface area contributed by atoms with E-state index < -0.39 is 17.2 Å². The molecule has 16 heavy (non-hydrogen) atoms. The lowest BCUT2D eigenvalue weighted by Gasteiger charge is -2.10. The lowest BCUT2D eigenvalue weighted by atomic mass is 10.2. The third-order valence-electron chi connectivity index (χ3n) is 2.74. The van der Waals surface area contributed by atoms with Crippen LogP contribution >= 0.6 is 0 Å². The first kappa shape index (κ1) is 10.7. The summed E-state index contributed by atoms with van der Waals surface area (Å²) in [6.07, 6.45) is 3.45. The standard InChI is InChI=1S/C10H13N3O3/c11-9(15)7-8(14)10(16)13-5-3-1-2-4-6(13)12-7/h14H,1-5H2,(H2,11,15). The van der Waals surface area contributed by atoms with Crippen LogP contribution in [-0.4, -0.2) is 20.6 Å². The zero-order chi connectivity index (χ0) is 11.7. The molecule has 2 heterocycles. The van der Waals surface area contributed by atoms with Crippen LogP contribution in [0.1, 0.15) is 35.6 Å². The first-order chi connectivity index (χ1) is 7.61. The second-order valence-corrected chi connectivity index (χ2v) is 3.86. The molecule has 0 atom stereocenters. The minimum Gasteiger partial charge on any atom is -0.501 e. The summed E-state index contributed by atoms with van der Waals surface area (Å²) in [6, 6.07) is 0. The van der Waals surface area contributed by atoms with E-state index >= 15 is 0 Å². The van der Waals surface area contributed by atoms with Crippen LogP contribution in [0, 0.1) is 0 Å². The molecule has 6 heteroatoms. The smallest absolute Gasteiger partial charge is 0.296 e. The molecule has 1 aliphatic heterocycles. The van der Waals surface area contributed by atoms with Gasteiger partial charge in [-0.2, -0.15) is 0 Å². The zero-order valence-electron chi connectivity index (χ0n) is 8.77. The molecule has 0 radical (unpaired) electrons. The van der Waals surface area contributed by atoms with Crippen LogP contribution in [0.25, 0.3) is 0 Å². The predicted molar refractivity (Wildman–Crippen MR) is 56.2 cm³/mol. The highest BCUT2D eigenvalue weighted by Gasteiger charge is 2.20. The topological polar surface area (TPSA) is 98.2 Å². The quantitative estimate of drug-likeness (QED) is 0.687. The van der Waals surface area contributed by atoms with Crippen molar-refractivity contribution in [2.24, 2.45) is 5.73 Å². The van der Waals surface area contributed by atoms with Crippen LogP contribution in [0.2, 0.25) is 0 Å². The minimum absolute atomic E-state index is 0.321. The van der Waals surface area contributed by atoms with Crippen molar-refractivity contribution in [1.29, 1.82) is 0 Å². The lowest BCUT2D eigenvalue weighted by molar-refractivity contribution is 0.0991. The Balaban J connectivity index is 2.64. The first-order valence-corrected chi connectivity index (χ1v) is 5.23. The molecule has 1 aliphatic rings. The van der Waals surface area contributed by atoms with Gasteiger partial charge in [-0.05, 0) is 12.8 Å². The fourth-order valence-corrected chi connectivity index (χ4v) is 1.91. The van der Waals surface area contributed by atoms with Crippen LogP contribution in [0.4, 0.5) is 0 Å². The van der Waals surface area contributed by atoms with E-state index in [0.717, 1.165) is 19.3 Å². The summed E-state index contributed by atoms with van der Waals surface area (Å²) in [6.45, 7) is 0.535. The molecule has 0 aliphatic carbocycles. The Kier molecular flexibility index (Phi) is 2.64. The molecule has 0 saturated heterocycles. The number of carbonyl (C=O) groups is 1. The number of nitrogens with two attached hydrogens (primary N) is 1. The van der Waals surface area contributed by atoms with Gasteiger partial charge >= 0.3 is 0 Å². The summed E-state index contributed by atoms with van der Waals surface area (Å²) < 4.78 is 1.43. The Bertz CT molecular complexity index is 493. The fraction of sp³-hybridized carbons (Fsp3) is 0.500. The number of aryl methyl sites for hydroxylation is 1. The number of aromatic hydroxyl groups is 1. The first-order valence-electron chi connectivity index (χ1n) is 5.23. The SMILES string of the molecule is NC(=O)c1nc2n(c(=O)c1O)CCCCC2. The molecule has 1 aromatic rings. The maximum absolute atomic E-state index is 11.8. The number of carbonyl (C=O) groups excluding carboxylic acids is 1. The fourth-order valence-electron chi connectivity index (χ4n) is 1.91. The highest BCUT2D eigenvalue weighted by Crippen LogP contribution is 2.15. The molecule has 2 rings (SSSR count). The van der Waals surface area contributed by atoms with E-state index in [1.807, 2.05) is 0 Å². The maximum Gasteiger partial charge on any atom is 0.296 e. The van der Waals surface area contributed by atoms with Gasteiger partial charge < -0.3 is 10.8 Å². The molecule has 1 aromatic heterocycles. The largest absolute Gasteiger partial charge is 0.501 e. The Morgan fingerprint density at radius 1 is 1.38 bits per heavy atom. The van der Waals surface area contributed by atoms with Crippen LogP contribution < -0.4 is 11.3 Å². The molecule has 86 valence electrons. The van der Waals surface area contributed by atoms with Gasteiger partial charge in [0.2, 0.25) is 5.75 Å². The summed E-state index contributed by atoms with van der Waals surface area (Å²) in [7, 11) is 0. The Hall–Kier alpha value is -1.85. The summed E-state index contributed by atoms with van der Waals surface area (Å²) in [5.74, 6) is -0.977. The molecule has 0 saturated carbocycles. The average molecular weight is 223 g/mol. The van der Waals surface area contributed by atoms with Crippen molar-refractivity contribution in [3.8, 4) is 5.75 Å². The Morgan fingerprint density at radius 3 is 2.81 bits per heavy atom. The average Bonchev–Trinajstić information content (AvgIpc) is 2.48. The monoisotopic (exact) mass is 223 g/mol. The van der Waals surface area contributed by atoms with Crippen molar-refractivity contribution in [3.63, 3.8) is 0 Å². The van der Waals surface area contributed by atoms with Gasteiger partial charge in [-0.3, -0.25) is 14.2 Å². The van der Waals surface area contributed by atoms with E-state index in [0.29, 0.717) is 18.8 Å². The number of rotatable bonds is 1. The van der Waals surface area contributed by atoms with Crippen molar-refractivity contribution < 1.29 is 9.90 Å². The van der Waals surface area contributed by atoms with Gasteiger partial charge in [0.1, 0.15) is 5.82 Å². The van der Waals surface area contributed by atoms with Gasteiger partial charge in [0.05, 0.1) is 0 Å². The van der Waals surface area contributed by atoms with E-state index in [1.54, 1.807) is 0 Å². The summed E-state index contributed by atoms with van der Waals surface area (Å²) in [4.78, 5) is 26.7. The number of amides is 1. The van der Waals surface area contributed by atoms with Gasteiger partial charge in [0, 0.05) is 13.0 Å². The number of hydrogen-bond donors (Lipinski definition) is 2. The summed E-state index contributed by atoms with van der Waals surface area (Å²) in [5, 5.41) is 9.52. The van der Waals surface area contributed by atoms with Crippen molar-refractivity contribution in [3.05, 3.63) is 21.9 Å². The third-order valence-corrected chi connectivity index (χ3v) is 2.74. The number of nitrogens with zero attached hydrogens (tertiary/aromatic N) is 2. The molecule has 0 fully saturated rings. The molecule has 0 aromatic carbocycles. The van der Waals surface area contributed by atoms with E-state index in [-0.39, 0.29) is 5.69 Å². The summed E-state index contributed by atoms with van der Waals surface area (Å²) in [5.41, 5.74) is 4.16. The Morgan fingerprint density at radius 2 is 2.12 bits per heavy atom. The van der Waals surface area contributed by atoms with Crippen molar-refractivity contribution in [2.45, 2.75) is 32.2 Å². The lowest BCUT2D eigenvalue weighted by Crippen LogP contribution is -2.28. The summed E-state index contributed by atoms with van der Waals surface area (Å²) >= 11 is 0. The minimum atomic E-state index is -0.873. The van der Waals surface area contributed by atoms with Gasteiger partial charge in [0.25, 0.3) is 11.5 Å². The van der Waals surface area contributed by atoms with Gasteiger partial charge in [0.15, 0.2) is 5.69 Å². The van der Waals surface area contributed by atoms with Crippen molar-refractivity contribution in [1.82, 2.24) is 9.55 Å². The van der Waals surface area contributed by atoms with Crippen molar-refractivity contribution in [2.75, 3.05) is 0 Å². The van der Waals surface area contributed by atoms with Gasteiger partial charge in [-0.1, -0.05) is 6.42 Å². The number of hydrogen-bond acceptors (Lipinski definition) is 4. The van der Waals surface area contributed by atoms with E-state index in [4.69, 9.17) is 5.73 Å². The number of primary amides is 1. The Labute approximate surface area is 91.7 Å². The molecule has 6 nitrogen and oxygen atoms in total. The molecule has 0 spiro atoms. The molecule has 0 unspecified atom stereocenters. The van der Waals surface area contributed by atoms with Gasteiger partial charge in [-0.25, -0.2) is 4.98 Å². The van der Waals surface area contributed by atoms with Crippen LogP contribution in [0.15, 0.2) is 4.79 Å². The third kappa shape index (κ3) is 1.66. The maximum atomic E-state index is 11.8. The van der Waals surface area contributed by atoms with Crippen LogP contribution in [0.5, 0.6) is 5.75 Å². The van der Waals surface area contributed by atoms with Crippen molar-refractivity contribution >= 4 is 5.91 Å². The van der Waals surface area contributed by atoms with E-state index in [2.05, 4.69) is 4.98 Å². The molecular formula is C10H13N3O3. The van der Waals surface area contributed by atoms with Crippen LogP contribution in [-0.2, 0) is 13.0 Å². The number of fused-ring (bicyclic) bond motifs is 1. The van der Waals surface area contributed by atoms with E-state index in [1.165, 1.54) is 4.57 Å². The van der Waals surface area contributed by atoms with E-state index in [9.17, 15) is 14.7 Å². The highest BCUT2D eigenvalue weighted by atomic mass is 16.3. The molecular weight excluding hydrogens is 210 g/mol. The second kappa shape index (κ2) is 3.96. The van der Waals surface area contributed by atoms with Crippen LogP contribution in [0.3, 0.4) is 0 Å². The van der Waals surface area contributed by atoms with Gasteiger partial charge in [-0.15, -0.1) is 0 Å². The molecule has 3 N–H and O–H groups in total. The normalized spacial score (nSPS) is 15.2. The molecule has 0 bridgehead atoms. The zero-order valence-corrected chi connectivity index (χ0v) is 8.77. The molecule has 1 amide bonds.